The van der Waals surface area contributed by atoms with Crippen LogP contribution in [0.4, 0.5) is 5.69 Å². The van der Waals surface area contributed by atoms with Crippen molar-refractivity contribution in [2.45, 2.75) is 19.8 Å². The van der Waals surface area contributed by atoms with Gasteiger partial charge in [-0.1, -0.05) is 61.5 Å². The van der Waals surface area contributed by atoms with Crippen LogP contribution in [0.25, 0.3) is 21.8 Å². The number of fused-ring (bicyclic) bond motifs is 2. The molecule has 0 saturated heterocycles. The highest BCUT2D eigenvalue weighted by molar-refractivity contribution is 8.13. The van der Waals surface area contributed by atoms with E-state index >= 15 is 0 Å². The summed E-state index contributed by atoms with van der Waals surface area (Å²) >= 11 is 1.67. The molecule has 2 aromatic carbocycles. The van der Waals surface area contributed by atoms with Gasteiger partial charge < -0.3 is 4.74 Å². The van der Waals surface area contributed by atoms with Crippen molar-refractivity contribution in [3.63, 3.8) is 0 Å². The van der Waals surface area contributed by atoms with Crippen LogP contribution in [0.15, 0.2) is 53.5 Å². The highest BCUT2D eigenvalue weighted by atomic mass is 32.2. The molecule has 3 nitrogen and oxygen atoms in total. The van der Waals surface area contributed by atoms with Crippen LogP contribution in [0, 0.1) is 0 Å². The summed E-state index contributed by atoms with van der Waals surface area (Å²) in [4.78, 5) is 9.55. The minimum Gasteiger partial charge on any atom is -0.476 e. The summed E-state index contributed by atoms with van der Waals surface area (Å²) < 4.78 is 5.49. The monoisotopic (exact) mass is 324 g/mol. The first kappa shape index (κ1) is 15.8. The molecule has 3 aromatic rings. The second-order valence-corrected chi connectivity index (χ2v) is 6.32. The molecule has 0 amide bonds. The molecule has 0 N–H and O–H groups in total. The number of benzene rings is 2. The minimum absolute atomic E-state index is 0.708. The zero-order valence-corrected chi connectivity index (χ0v) is 14.3. The lowest BCUT2D eigenvalue weighted by Gasteiger charge is -2.09. The number of thioether (sulfide) groups is 1. The molecule has 1 heterocycles. The van der Waals surface area contributed by atoms with Gasteiger partial charge in [0.15, 0.2) is 0 Å². The van der Waals surface area contributed by atoms with Gasteiger partial charge in [0.25, 0.3) is 5.23 Å². The first-order chi connectivity index (χ1) is 11.3. The topological polar surface area (TPSA) is 34.5 Å². The Hall–Kier alpha value is -2.07. The number of pyridine rings is 1. The largest absolute Gasteiger partial charge is 0.476 e. The number of ether oxygens (including phenoxy) is 1. The van der Waals surface area contributed by atoms with Crippen LogP contribution < -0.4 is 0 Å². The van der Waals surface area contributed by atoms with E-state index < -0.39 is 0 Å². The predicted octanol–water partition coefficient (Wildman–Crippen LogP) is 5.56. The fourth-order valence-electron chi connectivity index (χ4n) is 2.47. The molecule has 0 aliphatic rings. The molecular weight excluding hydrogens is 304 g/mol. The normalized spacial score (nSPS) is 12.0. The maximum atomic E-state index is 5.49. The van der Waals surface area contributed by atoms with Crippen molar-refractivity contribution in [3.05, 3.63) is 48.5 Å². The van der Waals surface area contributed by atoms with Gasteiger partial charge in [-0.3, -0.25) is 0 Å². The summed E-state index contributed by atoms with van der Waals surface area (Å²) in [6.45, 7) is 2.19. The van der Waals surface area contributed by atoms with Gasteiger partial charge in [-0.05, 0) is 18.6 Å². The fraction of sp³-hybridized carbons (Fsp3) is 0.263. The lowest BCUT2D eigenvalue weighted by Crippen LogP contribution is -1.97. The van der Waals surface area contributed by atoms with Crippen molar-refractivity contribution in [2.24, 2.45) is 4.99 Å². The molecule has 23 heavy (non-hydrogen) atoms. The molecule has 0 radical (unpaired) electrons. The molecule has 0 unspecified atom stereocenters. The Labute approximate surface area is 140 Å². The number of rotatable bonds is 4. The van der Waals surface area contributed by atoms with Crippen molar-refractivity contribution >= 4 is 44.5 Å². The highest BCUT2D eigenvalue weighted by Crippen LogP contribution is 2.34. The summed E-state index contributed by atoms with van der Waals surface area (Å²) in [6.07, 6.45) is 2.33. The molecule has 3 rings (SSSR count). The SMILES string of the molecule is CCCCSC(=Nc1c2ccccc2nc2ccccc12)OC. The maximum Gasteiger partial charge on any atom is 0.250 e. The molecule has 0 spiro atoms. The molecule has 0 aliphatic heterocycles. The number of nitrogens with zero attached hydrogens (tertiary/aromatic N) is 2. The van der Waals surface area contributed by atoms with E-state index in [0.717, 1.165) is 39.7 Å². The molecule has 4 heteroatoms. The molecule has 0 atom stereocenters. The number of hydrogen-bond acceptors (Lipinski definition) is 4. The first-order valence-electron chi connectivity index (χ1n) is 7.86. The van der Waals surface area contributed by atoms with Gasteiger partial charge >= 0.3 is 0 Å². The molecule has 0 bridgehead atoms. The minimum atomic E-state index is 0.708. The molecule has 118 valence electrons. The van der Waals surface area contributed by atoms with Gasteiger partial charge in [-0.2, -0.15) is 0 Å². The number of hydrogen-bond donors (Lipinski definition) is 0. The number of unbranched alkanes of at least 4 members (excludes halogenated alkanes) is 1. The zero-order chi connectivity index (χ0) is 16.1. The van der Waals surface area contributed by atoms with Crippen molar-refractivity contribution in [2.75, 3.05) is 12.9 Å². The lowest BCUT2D eigenvalue weighted by molar-refractivity contribution is 0.416. The van der Waals surface area contributed by atoms with Gasteiger partial charge in [0.1, 0.15) is 0 Å². The molecule has 0 fully saturated rings. The van der Waals surface area contributed by atoms with Crippen molar-refractivity contribution in [1.29, 1.82) is 0 Å². The van der Waals surface area contributed by atoms with Crippen LogP contribution in [-0.4, -0.2) is 23.1 Å². The Morgan fingerprint density at radius 1 is 1.04 bits per heavy atom. The Balaban J connectivity index is 2.15. The van der Waals surface area contributed by atoms with Gasteiger partial charge in [0.2, 0.25) is 0 Å². The summed E-state index contributed by atoms with van der Waals surface area (Å²) in [5.41, 5.74) is 2.85. The van der Waals surface area contributed by atoms with E-state index in [1.165, 1.54) is 6.42 Å². The third-order valence-corrected chi connectivity index (χ3v) is 4.66. The average Bonchev–Trinajstić information content (AvgIpc) is 2.60. The Morgan fingerprint density at radius 3 is 2.22 bits per heavy atom. The summed E-state index contributed by atoms with van der Waals surface area (Å²) in [7, 11) is 1.68. The van der Waals surface area contributed by atoms with E-state index in [4.69, 9.17) is 14.7 Å². The van der Waals surface area contributed by atoms with E-state index in [2.05, 4.69) is 19.1 Å². The average molecular weight is 324 g/mol. The van der Waals surface area contributed by atoms with Crippen molar-refractivity contribution in [3.8, 4) is 0 Å². The van der Waals surface area contributed by atoms with Gasteiger partial charge in [-0.25, -0.2) is 9.98 Å². The second kappa shape index (κ2) is 7.47. The molecule has 0 aliphatic carbocycles. The van der Waals surface area contributed by atoms with E-state index in [9.17, 15) is 0 Å². The van der Waals surface area contributed by atoms with Crippen LogP contribution in [0.5, 0.6) is 0 Å². The third kappa shape index (κ3) is 3.48. The first-order valence-corrected chi connectivity index (χ1v) is 8.85. The quantitative estimate of drug-likeness (QED) is 0.273. The number of methoxy groups -OCH3 is 1. The van der Waals surface area contributed by atoms with Crippen LogP contribution in [0.3, 0.4) is 0 Å². The number of aliphatic imine (C=N–C) groups is 1. The summed E-state index contributed by atoms with van der Waals surface area (Å²) in [5, 5.41) is 2.81. The van der Waals surface area contributed by atoms with Crippen molar-refractivity contribution < 1.29 is 4.74 Å². The Morgan fingerprint density at radius 2 is 1.65 bits per heavy atom. The molecule has 1 aromatic heterocycles. The summed E-state index contributed by atoms with van der Waals surface area (Å²) in [5.74, 6) is 1.02. The van der Waals surface area contributed by atoms with Crippen molar-refractivity contribution in [1.82, 2.24) is 4.98 Å². The van der Waals surface area contributed by atoms with Crippen LogP contribution >= 0.6 is 11.8 Å². The van der Waals surface area contributed by atoms with E-state index in [1.807, 2.05) is 36.4 Å². The van der Waals surface area contributed by atoms with Gasteiger partial charge in [-0.15, -0.1) is 0 Å². The number of aromatic nitrogens is 1. The maximum absolute atomic E-state index is 5.49. The second-order valence-electron chi connectivity index (χ2n) is 5.28. The van der Waals surface area contributed by atoms with Crippen LogP contribution in [0.2, 0.25) is 0 Å². The smallest absolute Gasteiger partial charge is 0.250 e. The molecular formula is C19H20N2OS. The predicted molar refractivity (Wildman–Crippen MR) is 101 cm³/mol. The van der Waals surface area contributed by atoms with Crippen LogP contribution in [0.1, 0.15) is 19.8 Å². The van der Waals surface area contributed by atoms with E-state index in [-0.39, 0.29) is 0 Å². The van der Waals surface area contributed by atoms with E-state index in [1.54, 1.807) is 18.9 Å². The van der Waals surface area contributed by atoms with Gasteiger partial charge in [0.05, 0.1) is 23.8 Å². The van der Waals surface area contributed by atoms with Gasteiger partial charge in [0, 0.05) is 16.5 Å². The van der Waals surface area contributed by atoms with E-state index in [0.29, 0.717) is 5.23 Å². The summed E-state index contributed by atoms with van der Waals surface area (Å²) in [6, 6.07) is 16.2. The third-order valence-electron chi connectivity index (χ3n) is 3.66. The Kier molecular flexibility index (Phi) is 5.13. The van der Waals surface area contributed by atoms with Crippen LogP contribution in [-0.2, 0) is 4.74 Å². The lowest BCUT2D eigenvalue weighted by atomic mass is 10.1. The zero-order valence-electron chi connectivity index (χ0n) is 13.5. The highest BCUT2D eigenvalue weighted by Gasteiger charge is 2.10. The standard InChI is InChI=1S/C19H20N2OS/c1-3-4-13-23-19(22-2)21-18-14-9-5-7-11-16(14)20-17-12-8-6-10-15(17)18/h5-12H,3-4,13H2,1-2H3. The fourth-order valence-corrected chi connectivity index (χ4v) is 3.35. The Bertz CT molecular complexity index is 791. The number of para-hydroxylation sites is 2. The molecule has 0 saturated carbocycles.